The third-order valence-corrected chi connectivity index (χ3v) is 5.28. The van der Waals surface area contributed by atoms with Crippen LogP contribution < -0.4 is 4.90 Å². The van der Waals surface area contributed by atoms with E-state index in [1.54, 1.807) is 17.5 Å². The molecule has 0 unspecified atom stereocenters. The highest BCUT2D eigenvalue weighted by Crippen LogP contribution is 2.38. The molecule has 1 aliphatic rings. The van der Waals surface area contributed by atoms with Crippen LogP contribution in [0.2, 0.25) is 0 Å². The number of hydrogen-bond acceptors (Lipinski definition) is 5. The number of imidazole rings is 1. The molecule has 21 heavy (non-hydrogen) atoms. The van der Waals surface area contributed by atoms with Crippen LogP contribution in [0.15, 0.2) is 30.6 Å². The number of hydrogen-bond donors (Lipinski definition) is 1. The third kappa shape index (κ3) is 1.86. The van der Waals surface area contributed by atoms with E-state index in [0.717, 1.165) is 16.5 Å². The number of β-amino-alcohol motifs (C(OH)–C–C–N with tert-alkyl or cyclic N) is 1. The van der Waals surface area contributed by atoms with Crippen molar-refractivity contribution in [2.24, 2.45) is 7.05 Å². The lowest BCUT2D eigenvalue weighted by Crippen LogP contribution is -2.60. The molecule has 0 bridgehead atoms. The fraction of sp³-hybridized carbons (Fsp3) is 0.333. The summed E-state index contributed by atoms with van der Waals surface area (Å²) in [5.41, 5.74) is 1.41. The van der Waals surface area contributed by atoms with Gasteiger partial charge < -0.3 is 14.6 Å². The van der Waals surface area contributed by atoms with E-state index < -0.39 is 5.60 Å². The second-order valence-electron chi connectivity index (χ2n) is 5.67. The first kappa shape index (κ1) is 12.8. The standard InChI is InChI=1S/C15H16N4OS/c1-10-4-3-5-11-12(10)21-14(17-11)19-8-15(20,9-19)13-16-6-7-18(13)2/h3-7,20H,8-9H2,1-2H3. The average molecular weight is 300 g/mol. The smallest absolute Gasteiger partial charge is 0.186 e. The van der Waals surface area contributed by atoms with Gasteiger partial charge in [0.25, 0.3) is 0 Å². The largest absolute Gasteiger partial charge is 0.378 e. The topological polar surface area (TPSA) is 54.2 Å². The predicted octanol–water partition coefficient (Wildman–Crippen LogP) is 2.05. The van der Waals surface area contributed by atoms with Crippen LogP contribution in [0, 0.1) is 6.92 Å². The number of aryl methyl sites for hydroxylation is 2. The predicted molar refractivity (Wildman–Crippen MR) is 83.7 cm³/mol. The van der Waals surface area contributed by atoms with Gasteiger partial charge in [0, 0.05) is 19.4 Å². The number of thiazole rings is 1. The molecule has 1 fully saturated rings. The van der Waals surface area contributed by atoms with Crippen molar-refractivity contribution in [2.75, 3.05) is 18.0 Å². The minimum absolute atomic E-state index is 0.538. The van der Waals surface area contributed by atoms with Gasteiger partial charge in [-0.15, -0.1) is 0 Å². The van der Waals surface area contributed by atoms with Gasteiger partial charge in [-0.05, 0) is 18.6 Å². The highest BCUT2D eigenvalue weighted by atomic mass is 32.1. The molecule has 1 aromatic carbocycles. The molecule has 0 atom stereocenters. The first-order chi connectivity index (χ1) is 10.1. The van der Waals surface area contributed by atoms with Gasteiger partial charge in [-0.3, -0.25) is 0 Å². The Hall–Kier alpha value is -1.92. The Morgan fingerprint density at radius 3 is 2.81 bits per heavy atom. The van der Waals surface area contributed by atoms with Gasteiger partial charge in [-0.25, -0.2) is 9.97 Å². The Morgan fingerprint density at radius 2 is 2.14 bits per heavy atom. The zero-order chi connectivity index (χ0) is 14.6. The molecule has 2 aromatic heterocycles. The molecule has 1 aliphatic heterocycles. The summed E-state index contributed by atoms with van der Waals surface area (Å²) >= 11 is 1.69. The molecule has 0 radical (unpaired) electrons. The molecule has 0 amide bonds. The Morgan fingerprint density at radius 1 is 1.33 bits per heavy atom. The van der Waals surface area contributed by atoms with Gasteiger partial charge in [0.15, 0.2) is 10.7 Å². The molecular weight excluding hydrogens is 284 g/mol. The maximum absolute atomic E-state index is 10.7. The van der Waals surface area contributed by atoms with Crippen LogP contribution >= 0.6 is 11.3 Å². The molecular formula is C15H16N4OS. The quantitative estimate of drug-likeness (QED) is 0.787. The van der Waals surface area contributed by atoms with Crippen LogP contribution in [0.1, 0.15) is 11.4 Å². The Bertz CT molecular complexity index is 816. The molecule has 0 aliphatic carbocycles. The molecule has 0 spiro atoms. The van der Waals surface area contributed by atoms with Crippen LogP contribution in [0.25, 0.3) is 10.2 Å². The van der Waals surface area contributed by atoms with E-state index in [-0.39, 0.29) is 0 Å². The zero-order valence-corrected chi connectivity index (χ0v) is 12.8. The molecule has 108 valence electrons. The number of anilines is 1. The second kappa shape index (κ2) is 4.29. The third-order valence-electron chi connectivity index (χ3n) is 4.01. The number of nitrogens with zero attached hydrogens (tertiary/aromatic N) is 4. The number of aliphatic hydroxyl groups is 1. The molecule has 0 saturated carbocycles. The number of aromatic nitrogens is 3. The summed E-state index contributed by atoms with van der Waals surface area (Å²) in [6.07, 6.45) is 3.58. The summed E-state index contributed by atoms with van der Waals surface area (Å²) in [4.78, 5) is 11.0. The van der Waals surface area contributed by atoms with E-state index in [4.69, 9.17) is 0 Å². The highest BCUT2D eigenvalue weighted by Gasteiger charge is 2.46. The summed E-state index contributed by atoms with van der Waals surface area (Å²) in [5.74, 6) is 0.719. The number of benzene rings is 1. The van der Waals surface area contributed by atoms with Gasteiger partial charge in [-0.2, -0.15) is 0 Å². The fourth-order valence-electron chi connectivity index (χ4n) is 2.89. The molecule has 1 saturated heterocycles. The highest BCUT2D eigenvalue weighted by molar-refractivity contribution is 7.22. The Kier molecular flexibility index (Phi) is 2.61. The molecule has 3 aromatic rings. The summed E-state index contributed by atoms with van der Waals surface area (Å²) in [6, 6.07) is 6.17. The molecule has 3 heterocycles. The van der Waals surface area contributed by atoms with E-state index >= 15 is 0 Å². The van der Waals surface area contributed by atoms with Crippen molar-refractivity contribution in [1.82, 2.24) is 14.5 Å². The van der Waals surface area contributed by atoms with Crippen LogP contribution in [0.5, 0.6) is 0 Å². The lowest BCUT2D eigenvalue weighted by molar-refractivity contribution is -0.00337. The summed E-state index contributed by atoms with van der Waals surface area (Å²) in [6.45, 7) is 3.18. The minimum Gasteiger partial charge on any atom is -0.378 e. The van der Waals surface area contributed by atoms with Crippen molar-refractivity contribution in [3.63, 3.8) is 0 Å². The lowest BCUT2D eigenvalue weighted by atomic mass is 9.94. The molecule has 6 heteroatoms. The minimum atomic E-state index is -0.870. The van der Waals surface area contributed by atoms with E-state index in [0.29, 0.717) is 13.1 Å². The lowest BCUT2D eigenvalue weighted by Gasteiger charge is -2.45. The number of rotatable bonds is 2. The van der Waals surface area contributed by atoms with Crippen molar-refractivity contribution >= 4 is 26.7 Å². The van der Waals surface area contributed by atoms with Crippen LogP contribution in [-0.4, -0.2) is 32.7 Å². The Labute approximate surface area is 126 Å². The van der Waals surface area contributed by atoms with Gasteiger partial charge in [-0.1, -0.05) is 23.5 Å². The molecule has 4 rings (SSSR count). The van der Waals surface area contributed by atoms with Crippen LogP contribution in [-0.2, 0) is 12.6 Å². The van der Waals surface area contributed by atoms with E-state index in [1.807, 2.05) is 29.9 Å². The SMILES string of the molecule is Cc1cccc2nc(N3CC(O)(c4nccn4C)C3)sc12. The molecule has 5 nitrogen and oxygen atoms in total. The maximum Gasteiger partial charge on any atom is 0.186 e. The van der Waals surface area contributed by atoms with Crippen LogP contribution in [0.3, 0.4) is 0 Å². The summed E-state index contributed by atoms with van der Waals surface area (Å²) < 4.78 is 3.10. The maximum atomic E-state index is 10.7. The first-order valence-electron chi connectivity index (χ1n) is 6.88. The first-order valence-corrected chi connectivity index (χ1v) is 7.70. The average Bonchev–Trinajstić information content (AvgIpc) is 3.02. The van der Waals surface area contributed by atoms with Crippen molar-refractivity contribution in [1.29, 1.82) is 0 Å². The zero-order valence-electron chi connectivity index (χ0n) is 11.9. The second-order valence-corrected chi connectivity index (χ2v) is 6.65. The van der Waals surface area contributed by atoms with Crippen molar-refractivity contribution < 1.29 is 5.11 Å². The molecule has 1 N–H and O–H groups in total. The van der Waals surface area contributed by atoms with Gasteiger partial charge in [0.2, 0.25) is 0 Å². The van der Waals surface area contributed by atoms with Crippen LogP contribution in [0.4, 0.5) is 5.13 Å². The summed E-state index contributed by atoms with van der Waals surface area (Å²) in [7, 11) is 1.91. The summed E-state index contributed by atoms with van der Waals surface area (Å²) in [5, 5.41) is 11.6. The normalized spacial score (nSPS) is 17.2. The monoisotopic (exact) mass is 300 g/mol. The van der Waals surface area contributed by atoms with Crippen molar-refractivity contribution in [3.8, 4) is 0 Å². The van der Waals surface area contributed by atoms with E-state index in [9.17, 15) is 5.11 Å². The van der Waals surface area contributed by atoms with Gasteiger partial charge >= 0.3 is 0 Å². The number of fused-ring (bicyclic) bond motifs is 1. The Balaban J connectivity index is 1.62. The fourth-order valence-corrected chi connectivity index (χ4v) is 3.92. The van der Waals surface area contributed by atoms with E-state index in [2.05, 4.69) is 27.9 Å². The van der Waals surface area contributed by atoms with Crippen molar-refractivity contribution in [3.05, 3.63) is 42.0 Å². The van der Waals surface area contributed by atoms with Gasteiger partial charge in [0.05, 0.1) is 23.3 Å². The van der Waals surface area contributed by atoms with Gasteiger partial charge in [0.1, 0.15) is 5.82 Å². The van der Waals surface area contributed by atoms with Crippen molar-refractivity contribution in [2.45, 2.75) is 12.5 Å². The van der Waals surface area contributed by atoms with E-state index in [1.165, 1.54) is 10.3 Å².